The van der Waals surface area contributed by atoms with Crippen LogP contribution in [0.25, 0.3) is 0 Å². The average Bonchev–Trinajstić information content (AvgIpc) is 2.27. The Hall–Kier alpha value is -0.920. The highest BCUT2D eigenvalue weighted by atomic mass is 35.5. The maximum Gasteiger partial charge on any atom is 0.416 e. The van der Waals surface area contributed by atoms with Crippen molar-refractivity contribution >= 4 is 12.4 Å². The molecule has 1 atom stereocenters. The number of nitrogens with two attached hydrogens (primary N) is 1. The summed E-state index contributed by atoms with van der Waals surface area (Å²) in [5, 5.41) is 8.40. The number of aliphatic hydroxyl groups is 1. The molecule has 0 heterocycles. The molecule has 104 valence electrons. The predicted molar refractivity (Wildman–Crippen MR) is 57.7 cm³/mol. The third-order valence-corrected chi connectivity index (χ3v) is 2.26. The summed E-state index contributed by atoms with van der Waals surface area (Å²) in [5.74, 6) is -3.57. The van der Waals surface area contributed by atoms with E-state index in [0.717, 1.165) is 12.1 Å². The quantitative estimate of drug-likeness (QED) is 0.841. The summed E-state index contributed by atoms with van der Waals surface area (Å²) in [4.78, 5) is 0. The van der Waals surface area contributed by atoms with Gasteiger partial charge >= 0.3 is 6.18 Å². The average molecular weight is 292 g/mol. The van der Waals surface area contributed by atoms with Gasteiger partial charge in [-0.3, -0.25) is 0 Å². The lowest BCUT2D eigenvalue weighted by Crippen LogP contribution is -2.36. The Labute approximate surface area is 106 Å². The maximum absolute atomic E-state index is 13.0. The van der Waals surface area contributed by atoms with Crippen LogP contribution in [0.5, 0.6) is 0 Å². The highest BCUT2D eigenvalue weighted by Crippen LogP contribution is 2.32. The summed E-state index contributed by atoms with van der Waals surface area (Å²) in [6.45, 7) is -1.46. The second kappa shape index (κ2) is 5.81. The fraction of sp³-hybridized carbons (Fsp3) is 0.400. The van der Waals surface area contributed by atoms with Gasteiger partial charge in [0, 0.05) is 0 Å². The zero-order chi connectivity index (χ0) is 13.3. The first-order chi connectivity index (χ1) is 7.68. The summed E-state index contributed by atoms with van der Waals surface area (Å²) >= 11 is 0. The lowest BCUT2D eigenvalue weighted by molar-refractivity contribution is -0.137. The first-order valence-electron chi connectivity index (χ1n) is 4.60. The molecule has 0 unspecified atom stereocenters. The minimum absolute atomic E-state index is 0. The molecule has 3 N–H and O–H groups in total. The number of benzene rings is 1. The van der Waals surface area contributed by atoms with Crippen molar-refractivity contribution in [2.24, 2.45) is 5.73 Å². The van der Waals surface area contributed by atoms with E-state index in [4.69, 9.17) is 10.8 Å². The molecule has 0 radical (unpaired) electrons. The molecule has 18 heavy (non-hydrogen) atoms. The Balaban J connectivity index is 0.00000289. The Kier molecular flexibility index (Phi) is 5.52. The van der Waals surface area contributed by atoms with Gasteiger partial charge in [-0.25, -0.2) is 8.78 Å². The molecule has 2 nitrogen and oxygen atoms in total. The standard InChI is InChI=1S/C10H10F5NO.ClH/c11-9(12,5-17)8(16)6-1-3-7(4-2-6)10(13,14)15;/h1-4,8,17H,5,16H2;1H/t8-;/m1./s1. The maximum atomic E-state index is 13.0. The van der Waals surface area contributed by atoms with Crippen LogP contribution < -0.4 is 5.73 Å². The largest absolute Gasteiger partial charge is 0.416 e. The van der Waals surface area contributed by atoms with Crippen LogP contribution in [0.2, 0.25) is 0 Å². The number of rotatable bonds is 3. The molecule has 0 aromatic heterocycles. The van der Waals surface area contributed by atoms with Gasteiger partial charge in [0.1, 0.15) is 6.61 Å². The molecule has 0 amide bonds. The topological polar surface area (TPSA) is 46.2 Å². The van der Waals surface area contributed by atoms with Crippen LogP contribution in [0, 0.1) is 0 Å². The molecule has 0 saturated carbocycles. The normalized spacial score (nSPS) is 13.9. The fourth-order valence-electron chi connectivity index (χ4n) is 1.22. The monoisotopic (exact) mass is 291 g/mol. The fourth-order valence-corrected chi connectivity index (χ4v) is 1.22. The molecule has 1 aromatic rings. The molecule has 8 heteroatoms. The minimum atomic E-state index is -4.53. The summed E-state index contributed by atoms with van der Waals surface area (Å²) in [7, 11) is 0. The van der Waals surface area contributed by atoms with E-state index >= 15 is 0 Å². The number of hydrogen-bond donors (Lipinski definition) is 2. The predicted octanol–water partition coefficient (Wildman–Crippen LogP) is 2.75. The molecule has 0 saturated heterocycles. The van der Waals surface area contributed by atoms with Gasteiger partial charge in [0.2, 0.25) is 0 Å². The van der Waals surface area contributed by atoms with Crippen molar-refractivity contribution in [1.82, 2.24) is 0 Å². The van der Waals surface area contributed by atoms with Crippen LogP contribution in [-0.2, 0) is 6.18 Å². The molecule has 0 aliphatic rings. The van der Waals surface area contributed by atoms with Crippen molar-refractivity contribution in [3.05, 3.63) is 35.4 Å². The lowest BCUT2D eigenvalue weighted by Gasteiger charge is -2.21. The molecular weight excluding hydrogens is 281 g/mol. The van der Waals surface area contributed by atoms with Crippen LogP contribution in [0.4, 0.5) is 22.0 Å². The molecule has 0 bridgehead atoms. The van der Waals surface area contributed by atoms with Gasteiger partial charge in [-0.2, -0.15) is 13.2 Å². The number of hydrogen-bond acceptors (Lipinski definition) is 2. The molecular formula is C10H11ClF5NO. The van der Waals surface area contributed by atoms with Crippen LogP contribution in [0.15, 0.2) is 24.3 Å². The highest BCUT2D eigenvalue weighted by Gasteiger charge is 2.38. The van der Waals surface area contributed by atoms with E-state index < -0.39 is 30.3 Å². The van der Waals surface area contributed by atoms with Gasteiger partial charge < -0.3 is 10.8 Å². The van der Waals surface area contributed by atoms with Gasteiger partial charge in [-0.1, -0.05) is 12.1 Å². The summed E-state index contributed by atoms with van der Waals surface area (Å²) in [6, 6.07) is 1.24. The summed E-state index contributed by atoms with van der Waals surface area (Å²) < 4.78 is 62.5. The first-order valence-corrected chi connectivity index (χ1v) is 4.60. The van der Waals surface area contributed by atoms with Crippen molar-refractivity contribution in [3.63, 3.8) is 0 Å². The summed E-state index contributed by atoms with van der Waals surface area (Å²) in [6.07, 6.45) is -4.53. The molecule has 0 aliphatic heterocycles. The van der Waals surface area contributed by atoms with Gasteiger partial charge in [0.25, 0.3) is 5.92 Å². The number of halogens is 6. The van der Waals surface area contributed by atoms with E-state index in [2.05, 4.69) is 0 Å². The van der Waals surface area contributed by atoms with Crippen molar-refractivity contribution in [2.75, 3.05) is 6.61 Å². The third kappa shape index (κ3) is 3.79. The molecule has 0 aliphatic carbocycles. The lowest BCUT2D eigenvalue weighted by atomic mass is 10.0. The smallest absolute Gasteiger partial charge is 0.390 e. The zero-order valence-corrected chi connectivity index (χ0v) is 9.73. The van der Waals surface area contributed by atoms with Crippen molar-refractivity contribution < 1.29 is 27.1 Å². The van der Waals surface area contributed by atoms with Crippen LogP contribution in [0.3, 0.4) is 0 Å². The van der Waals surface area contributed by atoms with Gasteiger partial charge in [-0.05, 0) is 17.7 Å². The Morgan fingerprint density at radius 2 is 1.50 bits per heavy atom. The molecule has 1 aromatic carbocycles. The van der Waals surface area contributed by atoms with Crippen LogP contribution in [0.1, 0.15) is 17.2 Å². The number of aliphatic hydroxyl groups excluding tert-OH is 1. The molecule has 0 fully saturated rings. The highest BCUT2D eigenvalue weighted by molar-refractivity contribution is 5.85. The van der Waals surface area contributed by atoms with Crippen molar-refractivity contribution in [3.8, 4) is 0 Å². The summed E-state index contributed by atoms with van der Waals surface area (Å²) in [5.41, 5.74) is 4.04. The van der Waals surface area contributed by atoms with E-state index in [1.165, 1.54) is 0 Å². The number of alkyl halides is 5. The Morgan fingerprint density at radius 3 is 1.83 bits per heavy atom. The van der Waals surface area contributed by atoms with E-state index in [-0.39, 0.29) is 18.0 Å². The van der Waals surface area contributed by atoms with E-state index in [9.17, 15) is 22.0 Å². The second-order valence-corrected chi connectivity index (χ2v) is 3.52. The first kappa shape index (κ1) is 17.1. The Morgan fingerprint density at radius 1 is 1.06 bits per heavy atom. The van der Waals surface area contributed by atoms with Crippen molar-refractivity contribution in [1.29, 1.82) is 0 Å². The van der Waals surface area contributed by atoms with E-state index in [0.29, 0.717) is 12.1 Å². The van der Waals surface area contributed by atoms with E-state index in [1.54, 1.807) is 0 Å². The molecule has 0 spiro atoms. The van der Waals surface area contributed by atoms with E-state index in [1.807, 2.05) is 0 Å². The van der Waals surface area contributed by atoms with Gasteiger partial charge in [-0.15, -0.1) is 12.4 Å². The van der Waals surface area contributed by atoms with Crippen molar-refractivity contribution in [2.45, 2.75) is 18.1 Å². The van der Waals surface area contributed by atoms with Crippen LogP contribution >= 0.6 is 12.4 Å². The van der Waals surface area contributed by atoms with Gasteiger partial charge in [0.15, 0.2) is 0 Å². The zero-order valence-electron chi connectivity index (χ0n) is 8.92. The minimum Gasteiger partial charge on any atom is -0.390 e. The third-order valence-electron chi connectivity index (χ3n) is 2.26. The SMILES string of the molecule is Cl.N[C@H](c1ccc(C(F)(F)F)cc1)C(F)(F)CO. The Bertz CT molecular complexity index is 379. The molecule has 1 rings (SSSR count). The second-order valence-electron chi connectivity index (χ2n) is 3.52. The van der Waals surface area contributed by atoms with Gasteiger partial charge in [0.05, 0.1) is 11.6 Å². The van der Waals surface area contributed by atoms with Crippen LogP contribution in [-0.4, -0.2) is 17.6 Å².